The molecule has 2 heteroatoms. The van der Waals surface area contributed by atoms with E-state index in [-0.39, 0.29) is 0 Å². The summed E-state index contributed by atoms with van der Waals surface area (Å²) in [6, 6.07) is 8.44. The molecule has 0 aliphatic heterocycles. The van der Waals surface area contributed by atoms with Crippen molar-refractivity contribution in [1.29, 1.82) is 0 Å². The van der Waals surface area contributed by atoms with Crippen LogP contribution in [0.1, 0.15) is 0 Å². The fourth-order valence-corrected chi connectivity index (χ4v) is 1.01. The molecule has 1 rings (SSSR count). The van der Waals surface area contributed by atoms with Gasteiger partial charge in [-0.3, -0.25) is 0 Å². The Labute approximate surface area is 70.0 Å². The molecule has 0 N–H and O–H groups in total. The van der Waals surface area contributed by atoms with Crippen LogP contribution in [0.3, 0.4) is 0 Å². The number of hydrogen-bond donors (Lipinski definition) is 0. The van der Waals surface area contributed by atoms with E-state index >= 15 is 0 Å². The molecule has 9 heavy (non-hydrogen) atoms. The highest BCUT2D eigenvalue weighted by Gasteiger charge is 1.87. The van der Waals surface area contributed by atoms with Gasteiger partial charge in [-0.25, -0.2) is 0 Å². The third-order valence-corrected chi connectivity index (χ3v) is 1.92. The Balaban J connectivity index is 2.88. The summed E-state index contributed by atoms with van der Waals surface area (Å²) in [4.78, 5) is 0. The van der Waals surface area contributed by atoms with E-state index in [4.69, 9.17) is 0 Å². The summed E-state index contributed by atoms with van der Waals surface area (Å²) >= 11 is 2.30. The minimum absolute atomic E-state index is 1.29. The lowest BCUT2D eigenvalue weighted by Gasteiger charge is -1.92. The Morgan fingerprint density at radius 3 is 2.22 bits per heavy atom. The van der Waals surface area contributed by atoms with Crippen LogP contribution in [0.4, 0.5) is 0 Å². The highest BCUT2D eigenvalue weighted by molar-refractivity contribution is 14.1. The van der Waals surface area contributed by atoms with E-state index < -0.39 is 0 Å². The number of hydrogen-bond acceptors (Lipinski definition) is 0. The molecule has 0 bridgehead atoms. The van der Waals surface area contributed by atoms with Crippen molar-refractivity contribution in [2.75, 3.05) is 0 Å². The van der Waals surface area contributed by atoms with Gasteiger partial charge in [0.15, 0.2) is 0 Å². The lowest BCUT2D eigenvalue weighted by Crippen LogP contribution is -2.08. The fourth-order valence-electron chi connectivity index (χ4n) is 0.655. The van der Waals surface area contributed by atoms with Crippen molar-refractivity contribution in [3.8, 4) is 0 Å². The summed E-state index contributed by atoms with van der Waals surface area (Å²) < 4.78 is 1.29. The van der Waals surface area contributed by atoms with E-state index in [1.54, 1.807) is 0 Å². The van der Waals surface area contributed by atoms with Gasteiger partial charge in [0, 0.05) is 3.57 Å². The Morgan fingerprint density at radius 1 is 1.22 bits per heavy atom. The summed E-state index contributed by atoms with van der Waals surface area (Å²) in [5.41, 5.74) is 1.29. The maximum absolute atomic E-state index is 2.30. The third kappa shape index (κ3) is 2.01. The minimum atomic E-state index is 1.29. The average Bonchev–Trinajstić information content (AvgIpc) is 1.90. The molecule has 0 fully saturated rings. The quantitative estimate of drug-likeness (QED) is 0.507. The third-order valence-electron chi connectivity index (χ3n) is 1.20. The van der Waals surface area contributed by atoms with Gasteiger partial charge >= 0.3 is 0 Å². The molecular formula is C7H7BI. The molecule has 45 valence electrons. The first-order valence-corrected chi connectivity index (χ1v) is 3.96. The topological polar surface area (TPSA) is 0 Å². The molecule has 1 radical (unpaired) electrons. The zero-order valence-corrected chi connectivity index (χ0v) is 7.42. The molecule has 0 saturated heterocycles. The van der Waals surface area contributed by atoms with Gasteiger partial charge in [-0.05, 0) is 34.7 Å². The molecule has 1 aromatic carbocycles. The van der Waals surface area contributed by atoms with Crippen molar-refractivity contribution in [1.82, 2.24) is 0 Å². The van der Waals surface area contributed by atoms with E-state index in [9.17, 15) is 0 Å². The van der Waals surface area contributed by atoms with Gasteiger partial charge in [0.2, 0.25) is 0 Å². The first kappa shape index (κ1) is 7.13. The van der Waals surface area contributed by atoms with Crippen molar-refractivity contribution in [2.24, 2.45) is 0 Å². The van der Waals surface area contributed by atoms with Gasteiger partial charge in [-0.15, -0.1) is 0 Å². The van der Waals surface area contributed by atoms with Gasteiger partial charge < -0.3 is 0 Å². The molecule has 1 aromatic rings. The number of benzene rings is 1. The Morgan fingerprint density at radius 2 is 1.78 bits per heavy atom. The van der Waals surface area contributed by atoms with E-state index in [0.717, 1.165) is 0 Å². The van der Waals surface area contributed by atoms with Crippen molar-refractivity contribution < 1.29 is 0 Å². The van der Waals surface area contributed by atoms with Crippen LogP contribution in [0.25, 0.3) is 0 Å². The number of rotatable bonds is 1. The first-order chi connectivity index (χ1) is 4.33. The van der Waals surface area contributed by atoms with Gasteiger partial charge in [0.25, 0.3) is 0 Å². The maximum Gasteiger partial charge on any atom is 0.148 e. The summed E-state index contributed by atoms with van der Waals surface area (Å²) in [5.74, 6) is 0. The van der Waals surface area contributed by atoms with Crippen molar-refractivity contribution in [3.63, 3.8) is 0 Å². The lowest BCUT2D eigenvalue weighted by molar-refractivity contribution is 1.69. The SMILES string of the molecule is C[B]c1ccc(I)cc1. The molecule has 0 amide bonds. The molecule has 0 aromatic heterocycles. The van der Waals surface area contributed by atoms with Crippen LogP contribution in [0.5, 0.6) is 0 Å². The summed E-state index contributed by atoms with van der Waals surface area (Å²) in [7, 11) is 2.09. The second-order valence-corrected chi connectivity index (χ2v) is 3.09. The molecular weight excluding hydrogens is 222 g/mol. The van der Waals surface area contributed by atoms with Crippen molar-refractivity contribution in [2.45, 2.75) is 6.82 Å². The molecule has 0 nitrogen and oxygen atoms in total. The van der Waals surface area contributed by atoms with Crippen LogP contribution < -0.4 is 5.46 Å². The van der Waals surface area contributed by atoms with Crippen LogP contribution in [-0.4, -0.2) is 7.28 Å². The zero-order valence-electron chi connectivity index (χ0n) is 5.26. The van der Waals surface area contributed by atoms with Gasteiger partial charge in [-0.2, -0.15) is 0 Å². The minimum Gasteiger partial charge on any atom is -0.0880 e. The molecule has 0 saturated carbocycles. The van der Waals surface area contributed by atoms with Crippen LogP contribution in [-0.2, 0) is 0 Å². The highest BCUT2D eigenvalue weighted by Crippen LogP contribution is 1.99. The zero-order chi connectivity index (χ0) is 6.69. The van der Waals surface area contributed by atoms with E-state index in [0.29, 0.717) is 0 Å². The second kappa shape index (κ2) is 3.25. The predicted octanol–water partition coefficient (Wildman–Crippen LogP) is 1.67. The molecule has 0 atom stereocenters. The standard InChI is InChI=1S/C7H7BI/c1-8-6-2-4-7(9)5-3-6/h2-5H,1H3. The predicted molar refractivity (Wildman–Crippen MR) is 50.4 cm³/mol. The molecule has 0 spiro atoms. The Bertz CT molecular complexity index is 181. The normalized spacial score (nSPS) is 9.11. The molecule has 0 heterocycles. The van der Waals surface area contributed by atoms with Crippen LogP contribution in [0.2, 0.25) is 6.82 Å². The van der Waals surface area contributed by atoms with Crippen molar-refractivity contribution >= 4 is 35.3 Å². The van der Waals surface area contributed by atoms with Gasteiger partial charge in [-0.1, -0.05) is 24.4 Å². The Kier molecular flexibility index (Phi) is 2.57. The number of halogens is 1. The van der Waals surface area contributed by atoms with E-state index in [1.165, 1.54) is 9.03 Å². The molecule has 0 aliphatic rings. The highest BCUT2D eigenvalue weighted by atomic mass is 127. The molecule has 0 aliphatic carbocycles. The van der Waals surface area contributed by atoms with Crippen LogP contribution in [0, 0.1) is 3.57 Å². The molecule has 0 unspecified atom stereocenters. The van der Waals surface area contributed by atoms with Crippen LogP contribution in [0.15, 0.2) is 24.3 Å². The smallest absolute Gasteiger partial charge is 0.0880 e. The van der Waals surface area contributed by atoms with E-state index in [1.807, 2.05) is 6.82 Å². The summed E-state index contributed by atoms with van der Waals surface area (Å²) in [6.07, 6.45) is 0. The van der Waals surface area contributed by atoms with Gasteiger partial charge in [0.05, 0.1) is 0 Å². The van der Waals surface area contributed by atoms with Crippen molar-refractivity contribution in [3.05, 3.63) is 27.8 Å². The monoisotopic (exact) mass is 229 g/mol. The largest absolute Gasteiger partial charge is 0.148 e. The Hall–Kier alpha value is 0.0149. The van der Waals surface area contributed by atoms with Crippen LogP contribution >= 0.6 is 22.6 Å². The summed E-state index contributed by atoms with van der Waals surface area (Å²) in [6.45, 7) is 2.04. The fraction of sp³-hybridized carbons (Fsp3) is 0.143. The average molecular weight is 229 g/mol. The summed E-state index contributed by atoms with van der Waals surface area (Å²) in [5, 5.41) is 0. The first-order valence-electron chi connectivity index (χ1n) is 2.88. The van der Waals surface area contributed by atoms with E-state index in [2.05, 4.69) is 54.1 Å². The van der Waals surface area contributed by atoms with Gasteiger partial charge in [0.1, 0.15) is 7.28 Å². The maximum atomic E-state index is 2.30. The second-order valence-electron chi connectivity index (χ2n) is 1.84. The lowest BCUT2D eigenvalue weighted by atomic mass is 9.74.